The van der Waals surface area contributed by atoms with E-state index in [1.807, 2.05) is 0 Å². The molecule has 0 saturated carbocycles. The Kier molecular flexibility index (Phi) is 5.13. The molecule has 0 bridgehead atoms. The number of benzene rings is 1. The van der Waals surface area contributed by atoms with E-state index in [-0.39, 0.29) is 24.4 Å². The zero-order chi connectivity index (χ0) is 13.5. The molecule has 98 valence electrons. The molecule has 0 aliphatic rings. The smallest absolute Gasteiger partial charge is 0.318 e. The maximum atomic E-state index is 11.5. The van der Waals surface area contributed by atoms with E-state index >= 15 is 0 Å². The third kappa shape index (κ3) is 4.84. The Morgan fingerprint density at radius 2 is 1.67 bits per heavy atom. The topological polar surface area (TPSA) is 96.2 Å². The number of hydrogen-bond acceptors (Lipinski definition) is 3. The largest absolute Gasteiger partial charge is 0.341 e. The van der Waals surface area contributed by atoms with Crippen molar-refractivity contribution < 1.29 is 9.59 Å². The van der Waals surface area contributed by atoms with Crippen LogP contribution < -0.4 is 21.7 Å². The van der Waals surface area contributed by atoms with Crippen LogP contribution in [0.3, 0.4) is 0 Å². The summed E-state index contributed by atoms with van der Waals surface area (Å²) in [6, 6.07) is 6.38. The first kappa shape index (κ1) is 14.0. The Labute approximate surface area is 106 Å². The lowest BCUT2D eigenvalue weighted by Crippen LogP contribution is -2.24. The van der Waals surface area contributed by atoms with Gasteiger partial charge in [0.25, 0.3) is 0 Å². The number of hydrogen-bond donors (Lipinski definition) is 4. The predicted molar refractivity (Wildman–Crippen MR) is 71.4 cm³/mol. The van der Waals surface area contributed by atoms with E-state index in [1.165, 1.54) is 7.05 Å². The van der Waals surface area contributed by atoms with E-state index in [0.29, 0.717) is 11.4 Å². The average Bonchev–Trinajstić information content (AvgIpc) is 2.30. The molecule has 0 radical (unpaired) electrons. The Hall–Kier alpha value is -2.08. The maximum Gasteiger partial charge on any atom is 0.318 e. The highest BCUT2D eigenvalue weighted by Crippen LogP contribution is 2.13. The van der Waals surface area contributed by atoms with Crippen molar-refractivity contribution in [2.75, 3.05) is 17.7 Å². The molecule has 1 aromatic rings. The summed E-state index contributed by atoms with van der Waals surface area (Å²) < 4.78 is 0. The summed E-state index contributed by atoms with van der Waals surface area (Å²) in [5.74, 6) is -0.128. The Balaban J connectivity index is 2.55. The van der Waals surface area contributed by atoms with E-state index in [9.17, 15) is 9.59 Å². The van der Waals surface area contributed by atoms with E-state index in [4.69, 9.17) is 5.73 Å². The molecular formula is C12H18N4O2. The summed E-state index contributed by atoms with van der Waals surface area (Å²) in [5.41, 5.74) is 6.85. The van der Waals surface area contributed by atoms with Gasteiger partial charge in [0.1, 0.15) is 0 Å². The predicted octanol–water partition coefficient (Wildman–Crippen LogP) is 1.11. The zero-order valence-corrected chi connectivity index (χ0v) is 10.5. The Morgan fingerprint density at radius 3 is 2.11 bits per heavy atom. The summed E-state index contributed by atoms with van der Waals surface area (Å²) in [5, 5.41) is 7.79. The molecule has 1 aromatic carbocycles. The van der Waals surface area contributed by atoms with Crippen molar-refractivity contribution in [3.63, 3.8) is 0 Å². The van der Waals surface area contributed by atoms with Crippen molar-refractivity contribution >= 4 is 23.3 Å². The fraction of sp³-hybridized carbons (Fsp3) is 0.333. The van der Waals surface area contributed by atoms with Crippen LogP contribution in [0.4, 0.5) is 16.2 Å². The SMILES string of the molecule is CNC(=O)Nc1ccc(NC(=O)CC(C)N)cc1. The average molecular weight is 250 g/mol. The van der Waals surface area contributed by atoms with Crippen LogP contribution in [0.1, 0.15) is 13.3 Å². The zero-order valence-electron chi connectivity index (χ0n) is 10.5. The van der Waals surface area contributed by atoms with Gasteiger partial charge < -0.3 is 21.7 Å². The summed E-state index contributed by atoms with van der Waals surface area (Å²) in [6.07, 6.45) is 0.276. The second-order valence-corrected chi connectivity index (χ2v) is 4.01. The Bertz CT molecular complexity index is 415. The van der Waals surface area contributed by atoms with Gasteiger partial charge in [-0.15, -0.1) is 0 Å². The van der Waals surface area contributed by atoms with E-state index in [0.717, 1.165) is 0 Å². The monoisotopic (exact) mass is 250 g/mol. The molecule has 0 aliphatic carbocycles. The first-order chi connectivity index (χ1) is 8.51. The van der Waals surface area contributed by atoms with Crippen LogP contribution in [0.25, 0.3) is 0 Å². The molecule has 0 aliphatic heterocycles. The number of amides is 3. The normalized spacial score (nSPS) is 11.5. The second-order valence-electron chi connectivity index (χ2n) is 4.01. The van der Waals surface area contributed by atoms with Crippen LogP contribution >= 0.6 is 0 Å². The number of carbonyl (C=O) groups excluding carboxylic acids is 2. The van der Waals surface area contributed by atoms with Crippen molar-refractivity contribution in [3.05, 3.63) is 24.3 Å². The standard InChI is InChI=1S/C12H18N4O2/c1-8(13)7-11(17)15-9-3-5-10(6-4-9)16-12(18)14-2/h3-6,8H,7,13H2,1-2H3,(H,15,17)(H2,14,16,18). The van der Waals surface area contributed by atoms with Crippen LogP contribution in [-0.2, 0) is 4.79 Å². The quantitative estimate of drug-likeness (QED) is 0.644. The first-order valence-electron chi connectivity index (χ1n) is 5.65. The lowest BCUT2D eigenvalue weighted by atomic mass is 10.2. The van der Waals surface area contributed by atoms with Crippen LogP contribution in [0.15, 0.2) is 24.3 Å². The van der Waals surface area contributed by atoms with Crippen molar-refractivity contribution in [1.82, 2.24) is 5.32 Å². The molecule has 0 spiro atoms. The number of carbonyl (C=O) groups is 2. The molecule has 0 fully saturated rings. The number of urea groups is 1. The van der Waals surface area contributed by atoms with E-state index in [2.05, 4.69) is 16.0 Å². The fourth-order valence-corrected chi connectivity index (χ4v) is 1.33. The number of rotatable bonds is 4. The minimum Gasteiger partial charge on any atom is -0.341 e. The van der Waals surface area contributed by atoms with Crippen LogP contribution in [0.2, 0.25) is 0 Å². The number of nitrogens with one attached hydrogen (secondary N) is 3. The van der Waals surface area contributed by atoms with E-state index < -0.39 is 0 Å². The van der Waals surface area contributed by atoms with Gasteiger partial charge >= 0.3 is 6.03 Å². The van der Waals surface area contributed by atoms with Crippen LogP contribution in [-0.4, -0.2) is 25.0 Å². The highest BCUT2D eigenvalue weighted by atomic mass is 16.2. The second kappa shape index (κ2) is 6.61. The van der Waals surface area contributed by atoms with Gasteiger partial charge in [-0.25, -0.2) is 4.79 Å². The summed E-state index contributed by atoms with van der Waals surface area (Å²) in [4.78, 5) is 22.5. The molecule has 3 amide bonds. The Morgan fingerprint density at radius 1 is 1.17 bits per heavy atom. The highest BCUT2D eigenvalue weighted by molar-refractivity contribution is 5.92. The third-order valence-corrected chi connectivity index (χ3v) is 2.16. The molecular weight excluding hydrogens is 232 g/mol. The molecule has 5 N–H and O–H groups in total. The van der Waals surface area contributed by atoms with Gasteiger partial charge in [-0.2, -0.15) is 0 Å². The third-order valence-electron chi connectivity index (χ3n) is 2.16. The minimum absolute atomic E-state index is 0.128. The van der Waals surface area contributed by atoms with Crippen LogP contribution in [0.5, 0.6) is 0 Å². The molecule has 18 heavy (non-hydrogen) atoms. The first-order valence-corrected chi connectivity index (χ1v) is 5.65. The van der Waals surface area contributed by atoms with Crippen molar-refractivity contribution in [2.45, 2.75) is 19.4 Å². The van der Waals surface area contributed by atoms with Gasteiger partial charge in [-0.3, -0.25) is 4.79 Å². The maximum absolute atomic E-state index is 11.5. The number of anilines is 2. The fourth-order valence-electron chi connectivity index (χ4n) is 1.33. The molecule has 0 heterocycles. The van der Waals surface area contributed by atoms with Gasteiger partial charge in [0, 0.05) is 30.9 Å². The summed E-state index contributed by atoms with van der Waals surface area (Å²) in [7, 11) is 1.54. The highest BCUT2D eigenvalue weighted by Gasteiger charge is 2.05. The lowest BCUT2D eigenvalue weighted by Gasteiger charge is -2.08. The summed E-state index contributed by atoms with van der Waals surface area (Å²) in [6.45, 7) is 1.77. The molecule has 1 unspecified atom stereocenters. The molecule has 6 nitrogen and oxygen atoms in total. The van der Waals surface area contributed by atoms with Crippen molar-refractivity contribution in [3.8, 4) is 0 Å². The molecule has 0 saturated heterocycles. The molecule has 1 atom stereocenters. The molecule has 1 rings (SSSR count). The van der Waals surface area contributed by atoms with E-state index in [1.54, 1.807) is 31.2 Å². The van der Waals surface area contributed by atoms with Gasteiger partial charge in [-0.05, 0) is 31.2 Å². The lowest BCUT2D eigenvalue weighted by molar-refractivity contribution is -0.116. The molecule has 6 heteroatoms. The van der Waals surface area contributed by atoms with Crippen LogP contribution in [0, 0.1) is 0 Å². The summed E-state index contributed by atoms with van der Waals surface area (Å²) >= 11 is 0. The van der Waals surface area contributed by atoms with Crippen molar-refractivity contribution in [2.24, 2.45) is 5.73 Å². The van der Waals surface area contributed by atoms with Gasteiger partial charge in [0.15, 0.2) is 0 Å². The van der Waals surface area contributed by atoms with Gasteiger partial charge in [-0.1, -0.05) is 0 Å². The van der Waals surface area contributed by atoms with Gasteiger partial charge in [0.05, 0.1) is 0 Å². The number of nitrogens with two attached hydrogens (primary N) is 1. The van der Waals surface area contributed by atoms with Gasteiger partial charge in [0.2, 0.25) is 5.91 Å². The minimum atomic E-state index is -0.288. The van der Waals surface area contributed by atoms with Crippen molar-refractivity contribution in [1.29, 1.82) is 0 Å². The molecule has 0 aromatic heterocycles.